The van der Waals surface area contributed by atoms with Gasteiger partial charge in [-0.1, -0.05) is 32.9 Å². The standard InChI is InChI=1S/C55H71N9O14/c1-9-36-37-19-35(65)15-16-41(37)58-48-38(36)24-63-43(48)20-40-39(50(63)71)25-75-51(72)55(40,10-2)78-52(73)76-26-42(31(3)4)57-44(66)27-74-28-45(67)59-53(5,6)30-77-54(7,8)29-62-23-34(60-61-62)21-56-49(70)33-13-11-32(12-14-33)22-64-46(68)17-18-47(64)69/h15-16,19-20,23,31-33,42,65H,9-14,17-18,21-22,24-30H2,1-8H3,(H,56,70)(H,57,66)(H,59,67). The summed E-state index contributed by atoms with van der Waals surface area (Å²) in [6.07, 6.45) is 4.49. The van der Waals surface area contributed by atoms with E-state index < -0.39 is 65.5 Å². The molecular formula is C55H71N9O14. The summed E-state index contributed by atoms with van der Waals surface area (Å²) in [5.74, 6) is -2.33. The molecule has 8 rings (SSSR count). The number of nitrogens with one attached hydrogen (secondary N) is 3. The smallest absolute Gasteiger partial charge is 0.508 e. The molecule has 420 valence electrons. The second-order valence-corrected chi connectivity index (χ2v) is 22.3. The molecular weight excluding hydrogens is 1010 g/mol. The minimum Gasteiger partial charge on any atom is -0.508 e. The summed E-state index contributed by atoms with van der Waals surface area (Å²) in [7, 11) is 0. The van der Waals surface area contributed by atoms with Crippen molar-refractivity contribution in [2.75, 3.05) is 33.0 Å². The first-order valence-electron chi connectivity index (χ1n) is 26.8. The predicted octanol–water partition coefficient (Wildman–Crippen LogP) is 4.22. The molecule has 2 unspecified atom stereocenters. The molecule has 78 heavy (non-hydrogen) atoms. The number of benzene rings is 1. The zero-order valence-electron chi connectivity index (χ0n) is 45.7. The maximum atomic E-state index is 14.1. The highest BCUT2D eigenvalue weighted by molar-refractivity contribution is 6.02. The van der Waals surface area contributed by atoms with Gasteiger partial charge in [0.05, 0.1) is 72.1 Å². The van der Waals surface area contributed by atoms with Crippen LogP contribution in [0.4, 0.5) is 4.79 Å². The van der Waals surface area contributed by atoms with E-state index in [-0.39, 0.29) is 105 Å². The molecule has 4 aromatic rings. The van der Waals surface area contributed by atoms with Gasteiger partial charge >= 0.3 is 12.1 Å². The van der Waals surface area contributed by atoms with Crippen molar-refractivity contribution in [2.24, 2.45) is 17.8 Å². The van der Waals surface area contributed by atoms with E-state index in [0.29, 0.717) is 55.0 Å². The lowest BCUT2D eigenvalue weighted by Gasteiger charge is -2.35. The van der Waals surface area contributed by atoms with Crippen LogP contribution in [0.5, 0.6) is 5.75 Å². The van der Waals surface area contributed by atoms with Crippen molar-refractivity contribution in [3.05, 3.63) is 68.8 Å². The fourth-order valence-corrected chi connectivity index (χ4v) is 10.7. The average Bonchev–Trinajstić information content (AvgIpc) is 4.16. The number of aromatic hydroxyl groups is 1. The van der Waals surface area contributed by atoms with Crippen LogP contribution in [0.2, 0.25) is 0 Å². The van der Waals surface area contributed by atoms with Gasteiger partial charge in [-0.2, -0.15) is 0 Å². The summed E-state index contributed by atoms with van der Waals surface area (Å²) in [6, 6.07) is 5.81. The molecule has 0 spiro atoms. The summed E-state index contributed by atoms with van der Waals surface area (Å²) < 4.78 is 31.7. The normalized spacial score (nSPS) is 19.5. The minimum absolute atomic E-state index is 0.0647. The fraction of sp³-hybridized carbons (Fsp3) is 0.582. The third-order valence-electron chi connectivity index (χ3n) is 15.1. The number of cyclic esters (lactones) is 1. The van der Waals surface area contributed by atoms with Gasteiger partial charge in [0.15, 0.2) is 0 Å². The van der Waals surface area contributed by atoms with Gasteiger partial charge in [-0.15, -0.1) is 5.10 Å². The molecule has 6 heterocycles. The van der Waals surface area contributed by atoms with Gasteiger partial charge in [-0.05, 0) is 108 Å². The number of hydrogen-bond acceptors (Lipinski definition) is 17. The van der Waals surface area contributed by atoms with Crippen LogP contribution in [0.3, 0.4) is 0 Å². The molecule has 2 fully saturated rings. The van der Waals surface area contributed by atoms with Crippen LogP contribution in [-0.4, -0.2) is 126 Å². The second kappa shape index (κ2) is 23.4. The number of amides is 5. The monoisotopic (exact) mass is 1080 g/mol. The number of likely N-dealkylation sites (tertiary alicyclic amines) is 1. The fourth-order valence-electron chi connectivity index (χ4n) is 10.7. The van der Waals surface area contributed by atoms with E-state index in [1.807, 2.05) is 20.8 Å². The number of carbonyl (C=O) groups is 7. The highest BCUT2D eigenvalue weighted by Gasteiger charge is 2.51. The molecule has 23 heteroatoms. The third kappa shape index (κ3) is 12.7. The summed E-state index contributed by atoms with van der Waals surface area (Å²) in [4.78, 5) is 111. The van der Waals surface area contributed by atoms with Crippen LogP contribution in [0.15, 0.2) is 35.3 Å². The minimum atomic E-state index is -2.03. The molecule has 4 aliphatic rings. The van der Waals surface area contributed by atoms with Crippen LogP contribution in [0, 0.1) is 17.8 Å². The Balaban J connectivity index is 0.761. The zero-order chi connectivity index (χ0) is 56.3. The number of aromatic nitrogens is 5. The average molecular weight is 1080 g/mol. The first-order valence-corrected chi connectivity index (χ1v) is 26.8. The summed E-state index contributed by atoms with van der Waals surface area (Å²) in [6.45, 7) is 14.2. The topological polar surface area (TPSA) is 291 Å². The highest BCUT2D eigenvalue weighted by Crippen LogP contribution is 2.43. The van der Waals surface area contributed by atoms with E-state index in [4.69, 9.17) is 28.7 Å². The Morgan fingerprint density at radius 3 is 2.36 bits per heavy atom. The molecule has 5 amide bonds. The van der Waals surface area contributed by atoms with E-state index in [2.05, 4.69) is 26.3 Å². The molecule has 23 nitrogen and oxygen atoms in total. The number of hydrogen-bond donors (Lipinski definition) is 4. The first kappa shape index (κ1) is 56.9. The maximum absolute atomic E-state index is 14.1. The number of fused-ring (bicyclic) bond motifs is 5. The number of rotatable bonds is 22. The van der Waals surface area contributed by atoms with Crippen LogP contribution >= 0.6 is 0 Å². The van der Waals surface area contributed by atoms with Gasteiger partial charge in [0, 0.05) is 41.8 Å². The van der Waals surface area contributed by atoms with Crippen molar-refractivity contribution in [2.45, 2.75) is 156 Å². The Morgan fingerprint density at radius 2 is 1.67 bits per heavy atom. The lowest BCUT2D eigenvalue weighted by Crippen LogP contribution is -2.50. The van der Waals surface area contributed by atoms with Gasteiger partial charge in [-0.3, -0.25) is 33.7 Å². The van der Waals surface area contributed by atoms with Crippen LogP contribution < -0.4 is 21.5 Å². The van der Waals surface area contributed by atoms with Crippen molar-refractivity contribution in [1.29, 1.82) is 0 Å². The van der Waals surface area contributed by atoms with Gasteiger partial charge in [0.25, 0.3) is 5.56 Å². The number of imide groups is 1. The zero-order valence-corrected chi connectivity index (χ0v) is 45.7. The Morgan fingerprint density at radius 1 is 0.949 bits per heavy atom. The first-order chi connectivity index (χ1) is 37.0. The molecule has 1 aliphatic carbocycles. The molecule has 1 aromatic carbocycles. The third-order valence-corrected chi connectivity index (χ3v) is 15.1. The SMILES string of the molecule is CCc1c2c(nc3ccc(O)cc13)-c1cc3c(c(=O)n1C2)COC(=O)C3(CC)OC(=O)OCC(NC(=O)COCC(=O)NC(C)(C)COC(C)(C)Cn1cc(CNC(=O)C2CCC(CN3C(=O)CCC3=O)CC2)nn1)C(C)C. The summed E-state index contributed by atoms with van der Waals surface area (Å²) >= 11 is 0. The molecule has 1 saturated carbocycles. The van der Waals surface area contributed by atoms with E-state index >= 15 is 0 Å². The Bertz CT molecular complexity index is 3030. The molecule has 4 N–H and O–H groups in total. The van der Waals surface area contributed by atoms with Crippen LogP contribution in [0.25, 0.3) is 22.3 Å². The van der Waals surface area contributed by atoms with Crippen LogP contribution in [-0.2, 0) is 90.7 Å². The molecule has 3 aromatic heterocycles. The second-order valence-electron chi connectivity index (χ2n) is 22.3. The highest BCUT2D eigenvalue weighted by atomic mass is 16.7. The number of pyridine rings is 2. The lowest BCUT2D eigenvalue weighted by atomic mass is 9.81. The number of carbonyl (C=O) groups excluding carboxylic acids is 7. The molecule has 3 aliphatic heterocycles. The number of ether oxygens (including phenoxy) is 5. The van der Waals surface area contributed by atoms with Gasteiger partial charge in [-0.25, -0.2) is 19.3 Å². The molecule has 2 atom stereocenters. The van der Waals surface area contributed by atoms with Crippen LogP contribution in [0.1, 0.15) is 128 Å². The number of aryl methyl sites for hydroxylation is 1. The van der Waals surface area contributed by atoms with Crippen molar-refractivity contribution >= 4 is 52.6 Å². The summed E-state index contributed by atoms with van der Waals surface area (Å²) in [5, 5.41) is 28.0. The van der Waals surface area contributed by atoms with E-state index in [9.17, 15) is 43.5 Å². The summed E-state index contributed by atoms with van der Waals surface area (Å²) in [5.41, 5.74) is 0.207. The largest absolute Gasteiger partial charge is 0.509 e. The van der Waals surface area contributed by atoms with Crippen molar-refractivity contribution in [3.8, 4) is 17.1 Å². The quantitative estimate of drug-likeness (QED) is 0.0557. The Hall–Kier alpha value is -7.27. The van der Waals surface area contributed by atoms with Crippen molar-refractivity contribution in [1.82, 2.24) is 45.4 Å². The van der Waals surface area contributed by atoms with Gasteiger partial charge < -0.3 is 49.3 Å². The number of esters is 1. The van der Waals surface area contributed by atoms with Gasteiger partial charge in [0.1, 0.15) is 37.9 Å². The number of phenols is 1. The molecule has 0 bridgehead atoms. The lowest BCUT2D eigenvalue weighted by molar-refractivity contribution is -0.175. The maximum Gasteiger partial charge on any atom is 0.509 e. The number of nitrogens with zero attached hydrogens (tertiary/aromatic N) is 6. The van der Waals surface area contributed by atoms with Gasteiger partial charge in [0.2, 0.25) is 35.1 Å². The van der Waals surface area contributed by atoms with Crippen molar-refractivity contribution in [3.63, 3.8) is 0 Å². The Kier molecular flexibility index (Phi) is 17.1. The molecule has 0 radical (unpaired) electrons. The van der Waals surface area contributed by atoms with Crippen molar-refractivity contribution < 1.29 is 62.4 Å². The predicted molar refractivity (Wildman–Crippen MR) is 279 cm³/mol. The van der Waals surface area contributed by atoms with E-state index in [1.165, 1.54) is 11.0 Å². The number of phenolic OH excluding ortho intramolecular Hbond substituents is 1. The van der Waals surface area contributed by atoms with E-state index in [0.717, 1.165) is 29.4 Å². The van der Waals surface area contributed by atoms with E-state index in [1.54, 1.807) is 68.3 Å². The molecule has 1 saturated heterocycles. The Labute approximate surface area is 451 Å².